The summed E-state index contributed by atoms with van der Waals surface area (Å²) >= 11 is 0. The number of carbonyl (C=O) groups is 2. The van der Waals surface area contributed by atoms with Gasteiger partial charge >= 0.3 is 11.9 Å². The average Bonchev–Trinajstić information content (AvgIpc) is 3.52. The second-order valence-corrected chi connectivity index (χ2v) is 11.3. The molecule has 3 heterocycles. The lowest BCUT2D eigenvalue weighted by atomic mass is 9.46. The van der Waals surface area contributed by atoms with Crippen molar-refractivity contribution in [2.24, 2.45) is 22.7 Å². The summed E-state index contributed by atoms with van der Waals surface area (Å²) in [6.07, 6.45) is -1.63. The van der Waals surface area contributed by atoms with E-state index in [0.29, 0.717) is 17.6 Å². The SMILES string of the molecule is COC(=O)C1CC2OC(=O)C3=CCCC(C1(C)CC(OC1OC(CO)C(O)C(O)C1O)c1ccoc1)C32C. The fraction of sp³-hybridized carbons (Fsp3) is 0.704. The highest BCUT2D eigenvalue weighted by atomic mass is 16.7. The van der Waals surface area contributed by atoms with Crippen molar-refractivity contribution >= 4 is 11.9 Å². The maximum atomic E-state index is 13.2. The molecule has 4 N–H and O–H groups in total. The van der Waals surface area contributed by atoms with Crippen LogP contribution in [-0.4, -0.2) is 82.9 Å². The molecule has 11 atom stereocenters. The highest BCUT2D eigenvalue weighted by Crippen LogP contribution is 2.66. The lowest BCUT2D eigenvalue weighted by Crippen LogP contribution is -2.60. The highest BCUT2D eigenvalue weighted by molar-refractivity contribution is 5.93. The summed E-state index contributed by atoms with van der Waals surface area (Å²) in [5, 5.41) is 40.8. The van der Waals surface area contributed by atoms with Crippen LogP contribution in [0.4, 0.5) is 0 Å². The van der Waals surface area contributed by atoms with Crippen molar-refractivity contribution in [1.29, 1.82) is 0 Å². The van der Waals surface area contributed by atoms with Crippen LogP contribution in [0, 0.1) is 22.7 Å². The molecule has 5 rings (SSSR count). The second kappa shape index (κ2) is 10.0. The third-order valence-electron chi connectivity index (χ3n) is 9.46. The third kappa shape index (κ3) is 4.11. The standard InChI is InChI=1S/C27H36O11/c1-26(15(23(32)34-3)9-19-27(2)14(24(33)38-19)5-4-6-18(26)27)10-16(13-7-8-35-12-13)36-25-22(31)21(30)20(29)17(11-28)37-25/h5,7-8,12,15-22,25,28-31H,4,6,9-11H2,1-3H3. The summed E-state index contributed by atoms with van der Waals surface area (Å²) in [5.41, 5.74) is -0.0898. The Kier molecular flexibility index (Phi) is 7.21. The van der Waals surface area contributed by atoms with Crippen molar-refractivity contribution in [2.75, 3.05) is 13.7 Å². The number of allylic oxidation sites excluding steroid dienone is 1. The van der Waals surface area contributed by atoms with Gasteiger partial charge in [-0.15, -0.1) is 0 Å². The number of hydrogen-bond donors (Lipinski definition) is 4. The summed E-state index contributed by atoms with van der Waals surface area (Å²) in [6, 6.07) is 1.70. The highest BCUT2D eigenvalue weighted by Gasteiger charge is 2.67. The Labute approximate surface area is 220 Å². The van der Waals surface area contributed by atoms with E-state index in [0.717, 1.165) is 6.42 Å². The molecule has 0 spiro atoms. The molecule has 3 fully saturated rings. The van der Waals surface area contributed by atoms with Crippen LogP contribution in [0.15, 0.2) is 34.7 Å². The van der Waals surface area contributed by atoms with Crippen LogP contribution < -0.4 is 0 Å². The van der Waals surface area contributed by atoms with E-state index in [9.17, 15) is 30.0 Å². The van der Waals surface area contributed by atoms with E-state index in [1.54, 1.807) is 6.07 Å². The molecule has 1 aromatic heterocycles. The smallest absolute Gasteiger partial charge is 0.334 e. The Morgan fingerprint density at radius 3 is 2.63 bits per heavy atom. The van der Waals surface area contributed by atoms with E-state index >= 15 is 0 Å². The van der Waals surface area contributed by atoms with Crippen molar-refractivity contribution in [2.45, 2.75) is 82.4 Å². The maximum absolute atomic E-state index is 13.2. The number of carbonyl (C=O) groups excluding carboxylic acids is 2. The van der Waals surface area contributed by atoms with E-state index in [4.69, 9.17) is 23.4 Å². The number of aliphatic hydroxyl groups excluding tert-OH is 4. The van der Waals surface area contributed by atoms with Gasteiger partial charge in [0, 0.05) is 16.6 Å². The van der Waals surface area contributed by atoms with E-state index in [2.05, 4.69) is 0 Å². The molecule has 38 heavy (non-hydrogen) atoms. The minimum absolute atomic E-state index is 0.142. The molecule has 1 aromatic rings. The van der Waals surface area contributed by atoms with Gasteiger partial charge in [-0.2, -0.15) is 0 Å². The number of furan rings is 1. The van der Waals surface area contributed by atoms with E-state index in [1.807, 2.05) is 19.9 Å². The Bertz CT molecular complexity index is 1070. The van der Waals surface area contributed by atoms with Crippen molar-refractivity contribution < 1.29 is 53.4 Å². The summed E-state index contributed by atoms with van der Waals surface area (Å²) < 4.78 is 28.2. The summed E-state index contributed by atoms with van der Waals surface area (Å²) in [7, 11) is 1.33. The van der Waals surface area contributed by atoms with Gasteiger partial charge in [-0.25, -0.2) is 4.79 Å². The minimum Gasteiger partial charge on any atom is -0.472 e. The van der Waals surface area contributed by atoms with Crippen molar-refractivity contribution in [1.82, 2.24) is 0 Å². The third-order valence-corrected chi connectivity index (χ3v) is 9.46. The molecule has 1 saturated carbocycles. The molecule has 0 amide bonds. The topological polar surface area (TPSA) is 165 Å². The maximum Gasteiger partial charge on any atom is 0.334 e. The van der Waals surface area contributed by atoms with Crippen LogP contribution in [-0.2, 0) is 28.5 Å². The number of aliphatic hydroxyl groups is 4. The fourth-order valence-electron chi connectivity index (χ4n) is 7.39. The lowest BCUT2D eigenvalue weighted by molar-refractivity contribution is -0.315. The molecule has 11 nitrogen and oxygen atoms in total. The zero-order valence-corrected chi connectivity index (χ0v) is 21.7. The first-order valence-electron chi connectivity index (χ1n) is 13.0. The second-order valence-electron chi connectivity index (χ2n) is 11.3. The van der Waals surface area contributed by atoms with Crippen molar-refractivity contribution in [3.05, 3.63) is 35.8 Å². The van der Waals surface area contributed by atoms with Crippen molar-refractivity contribution in [3.8, 4) is 0 Å². The van der Waals surface area contributed by atoms with Crippen molar-refractivity contribution in [3.63, 3.8) is 0 Å². The van der Waals surface area contributed by atoms with Gasteiger partial charge in [-0.05, 0) is 43.1 Å². The zero-order valence-electron chi connectivity index (χ0n) is 21.7. The first-order valence-corrected chi connectivity index (χ1v) is 13.0. The number of hydrogen-bond acceptors (Lipinski definition) is 11. The Balaban J connectivity index is 1.52. The van der Waals surface area contributed by atoms with Crippen LogP contribution in [0.5, 0.6) is 0 Å². The van der Waals surface area contributed by atoms with Gasteiger partial charge in [0.2, 0.25) is 0 Å². The minimum atomic E-state index is -1.60. The Hall–Kier alpha value is -2.28. The number of ether oxygens (including phenoxy) is 4. The number of esters is 2. The molecule has 11 heteroatoms. The van der Waals surface area contributed by atoms with Gasteiger partial charge in [-0.1, -0.05) is 19.9 Å². The van der Waals surface area contributed by atoms with Crippen LogP contribution in [0.2, 0.25) is 0 Å². The molecule has 0 bridgehead atoms. The Morgan fingerprint density at radius 1 is 1.21 bits per heavy atom. The Morgan fingerprint density at radius 2 is 1.97 bits per heavy atom. The summed E-state index contributed by atoms with van der Waals surface area (Å²) in [5.74, 6) is -1.52. The molecule has 0 aromatic carbocycles. The van der Waals surface area contributed by atoms with Gasteiger partial charge in [-0.3, -0.25) is 4.79 Å². The van der Waals surface area contributed by atoms with E-state index in [1.165, 1.54) is 19.6 Å². The quantitative estimate of drug-likeness (QED) is 0.367. The molecule has 11 unspecified atom stereocenters. The van der Waals surface area contributed by atoms with Crippen LogP contribution in [0.1, 0.15) is 51.2 Å². The molecule has 2 saturated heterocycles. The van der Waals surface area contributed by atoms with E-state index < -0.39 is 72.2 Å². The van der Waals surface area contributed by atoms with E-state index in [-0.39, 0.29) is 24.7 Å². The van der Waals surface area contributed by atoms with Crippen LogP contribution >= 0.6 is 0 Å². The predicted octanol–water partition coefficient (Wildman–Crippen LogP) is 0.995. The molecular formula is C27H36O11. The first kappa shape index (κ1) is 27.3. The van der Waals surface area contributed by atoms with Crippen LogP contribution in [0.25, 0.3) is 0 Å². The number of methoxy groups -OCH3 is 1. The molecule has 4 aliphatic rings. The molecule has 2 aliphatic heterocycles. The number of rotatable bonds is 7. The lowest BCUT2D eigenvalue weighted by Gasteiger charge is -2.57. The summed E-state index contributed by atoms with van der Waals surface area (Å²) in [6.45, 7) is 3.43. The van der Waals surface area contributed by atoms with Gasteiger partial charge in [0.05, 0.1) is 38.3 Å². The summed E-state index contributed by atoms with van der Waals surface area (Å²) in [4.78, 5) is 26.0. The van der Waals surface area contributed by atoms with Crippen LogP contribution in [0.3, 0.4) is 0 Å². The van der Waals surface area contributed by atoms with Gasteiger partial charge in [0.1, 0.15) is 30.5 Å². The monoisotopic (exact) mass is 536 g/mol. The predicted molar refractivity (Wildman–Crippen MR) is 128 cm³/mol. The first-order chi connectivity index (χ1) is 18.1. The molecule has 210 valence electrons. The zero-order chi connectivity index (χ0) is 27.4. The van der Waals surface area contributed by atoms with Gasteiger partial charge < -0.3 is 43.8 Å². The molecule has 2 aliphatic carbocycles. The average molecular weight is 537 g/mol. The fourth-order valence-corrected chi connectivity index (χ4v) is 7.39. The normalized spacial score (nSPS) is 43.1. The molecular weight excluding hydrogens is 500 g/mol. The van der Waals surface area contributed by atoms with Gasteiger partial charge in [0.25, 0.3) is 0 Å². The van der Waals surface area contributed by atoms with Gasteiger partial charge in [0.15, 0.2) is 6.29 Å². The molecule has 0 radical (unpaired) electrons. The largest absolute Gasteiger partial charge is 0.472 e.